The molecule has 8 heteroatoms. The van der Waals surface area contributed by atoms with Crippen molar-refractivity contribution >= 4 is 35.1 Å². The normalized spacial score (nSPS) is 13.6. The van der Waals surface area contributed by atoms with Crippen LogP contribution in [0.15, 0.2) is 42.5 Å². The highest BCUT2D eigenvalue weighted by molar-refractivity contribution is 6.30. The van der Waals surface area contributed by atoms with Crippen LogP contribution in [0, 0.1) is 0 Å². The van der Waals surface area contributed by atoms with Crippen molar-refractivity contribution in [1.29, 1.82) is 0 Å². The molecule has 7 nitrogen and oxygen atoms in total. The van der Waals surface area contributed by atoms with Gasteiger partial charge < -0.3 is 20.1 Å². The van der Waals surface area contributed by atoms with Crippen LogP contribution in [0.1, 0.15) is 28.4 Å². The van der Waals surface area contributed by atoms with Crippen LogP contribution < -0.4 is 15.4 Å². The maximum atomic E-state index is 12.7. The second kappa shape index (κ2) is 8.09. The van der Waals surface area contributed by atoms with Gasteiger partial charge in [-0.2, -0.15) is 0 Å². The van der Waals surface area contributed by atoms with Crippen molar-refractivity contribution in [3.05, 3.63) is 58.6 Å². The number of esters is 1. The summed E-state index contributed by atoms with van der Waals surface area (Å²) in [6.07, 6.45) is -0.0264. The zero-order chi connectivity index (χ0) is 19.4. The van der Waals surface area contributed by atoms with Gasteiger partial charge in [0.05, 0.1) is 25.3 Å². The molecule has 0 bridgehead atoms. The fraction of sp³-hybridized carbons (Fsp3) is 0.211. The number of anilines is 1. The number of methoxy groups -OCH3 is 1. The first-order valence-corrected chi connectivity index (χ1v) is 8.54. The van der Waals surface area contributed by atoms with Crippen LogP contribution in [0.3, 0.4) is 0 Å². The second-order valence-corrected chi connectivity index (χ2v) is 6.34. The van der Waals surface area contributed by atoms with E-state index in [0.29, 0.717) is 22.0 Å². The van der Waals surface area contributed by atoms with Gasteiger partial charge in [-0.3, -0.25) is 14.4 Å². The highest BCUT2D eigenvalue weighted by Crippen LogP contribution is 2.29. The van der Waals surface area contributed by atoms with Crippen molar-refractivity contribution in [2.45, 2.75) is 12.5 Å². The van der Waals surface area contributed by atoms with Crippen molar-refractivity contribution in [3.63, 3.8) is 0 Å². The Morgan fingerprint density at radius 3 is 2.70 bits per heavy atom. The van der Waals surface area contributed by atoms with Crippen LogP contribution in [0.5, 0.6) is 5.75 Å². The van der Waals surface area contributed by atoms with Crippen LogP contribution in [0.4, 0.5) is 5.69 Å². The number of fused-ring (bicyclic) bond motifs is 1. The van der Waals surface area contributed by atoms with Gasteiger partial charge in [0.2, 0.25) is 0 Å². The van der Waals surface area contributed by atoms with Crippen LogP contribution in [-0.2, 0) is 14.3 Å². The summed E-state index contributed by atoms with van der Waals surface area (Å²) in [6, 6.07) is 11.0. The van der Waals surface area contributed by atoms with E-state index >= 15 is 0 Å². The van der Waals surface area contributed by atoms with Crippen LogP contribution in [0.2, 0.25) is 5.02 Å². The Morgan fingerprint density at radius 1 is 1.26 bits per heavy atom. The van der Waals surface area contributed by atoms with E-state index in [9.17, 15) is 14.4 Å². The molecule has 0 aromatic heterocycles. The highest BCUT2D eigenvalue weighted by atomic mass is 35.5. The third-order valence-corrected chi connectivity index (χ3v) is 4.30. The number of rotatable bonds is 5. The topological polar surface area (TPSA) is 93.7 Å². The minimum Gasteiger partial charge on any atom is -0.482 e. The van der Waals surface area contributed by atoms with Gasteiger partial charge >= 0.3 is 5.97 Å². The Balaban J connectivity index is 1.80. The molecule has 2 amide bonds. The van der Waals surface area contributed by atoms with Crippen LogP contribution >= 0.6 is 11.6 Å². The largest absolute Gasteiger partial charge is 0.482 e. The SMILES string of the molecule is COC(=O)CC(NC(=O)c1ccc2c(c1)OCC(=O)N2)c1ccc(Cl)cc1. The van der Waals surface area contributed by atoms with Gasteiger partial charge in [-0.05, 0) is 35.9 Å². The Hall–Kier alpha value is -3.06. The average Bonchev–Trinajstić information content (AvgIpc) is 2.67. The van der Waals surface area contributed by atoms with Crippen molar-refractivity contribution in [2.24, 2.45) is 0 Å². The van der Waals surface area contributed by atoms with Gasteiger partial charge in [0.25, 0.3) is 11.8 Å². The summed E-state index contributed by atoms with van der Waals surface area (Å²) in [5.74, 6) is -0.673. The molecule has 0 radical (unpaired) electrons. The Labute approximate surface area is 160 Å². The molecule has 140 valence electrons. The highest BCUT2D eigenvalue weighted by Gasteiger charge is 2.22. The molecular weight excluding hydrogens is 372 g/mol. The van der Waals surface area contributed by atoms with Gasteiger partial charge in [-0.25, -0.2) is 0 Å². The summed E-state index contributed by atoms with van der Waals surface area (Å²) < 4.78 is 10.1. The third-order valence-electron chi connectivity index (χ3n) is 4.05. The summed E-state index contributed by atoms with van der Waals surface area (Å²) >= 11 is 5.91. The van der Waals surface area contributed by atoms with Crippen molar-refractivity contribution < 1.29 is 23.9 Å². The smallest absolute Gasteiger partial charge is 0.307 e. The predicted molar refractivity (Wildman–Crippen MR) is 98.9 cm³/mol. The molecule has 1 heterocycles. The lowest BCUT2D eigenvalue weighted by Gasteiger charge is -2.20. The van der Waals surface area contributed by atoms with E-state index in [2.05, 4.69) is 10.6 Å². The molecule has 27 heavy (non-hydrogen) atoms. The Kier molecular flexibility index (Phi) is 5.61. The molecule has 1 atom stereocenters. The maximum absolute atomic E-state index is 12.7. The van der Waals surface area contributed by atoms with Crippen molar-refractivity contribution in [3.8, 4) is 5.75 Å². The standard InChI is InChI=1S/C19H17ClN2O5/c1-26-18(24)9-15(11-2-5-13(20)6-3-11)22-19(25)12-4-7-14-16(8-12)27-10-17(23)21-14/h2-8,15H,9-10H2,1H3,(H,21,23)(H,22,25). The van der Waals surface area contributed by atoms with Crippen molar-refractivity contribution in [1.82, 2.24) is 5.32 Å². The van der Waals surface area contributed by atoms with Gasteiger partial charge in [-0.1, -0.05) is 23.7 Å². The van der Waals surface area contributed by atoms with Crippen LogP contribution in [0.25, 0.3) is 0 Å². The Morgan fingerprint density at radius 2 is 2.00 bits per heavy atom. The first kappa shape index (κ1) is 18.7. The fourth-order valence-electron chi connectivity index (χ4n) is 2.65. The zero-order valence-corrected chi connectivity index (χ0v) is 15.2. The number of nitrogens with one attached hydrogen (secondary N) is 2. The second-order valence-electron chi connectivity index (χ2n) is 5.91. The molecule has 3 rings (SSSR count). The number of hydrogen-bond donors (Lipinski definition) is 2. The summed E-state index contributed by atoms with van der Waals surface area (Å²) in [5.41, 5.74) is 1.57. The fourth-order valence-corrected chi connectivity index (χ4v) is 2.78. The van der Waals surface area contributed by atoms with Gasteiger partial charge in [0, 0.05) is 10.6 Å². The zero-order valence-electron chi connectivity index (χ0n) is 14.5. The van der Waals surface area contributed by atoms with Gasteiger partial charge in [-0.15, -0.1) is 0 Å². The number of hydrogen-bond acceptors (Lipinski definition) is 5. The molecule has 2 aromatic rings. The molecule has 1 aliphatic rings. The third kappa shape index (κ3) is 4.57. The molecule has 0 fully saturated rings. The van der Waals surface area contributed by atoms with E-state index in [1.807, 2.05) is 0 Å². The van der Waals surface area contributed by atoms with E-state index < -0.39 is 12.0 Å². The number of halogens is 1. The number of ether oxygens (including phenoxy) is 2. The minimum absolute atomic E-state index is 0.0264. The minimum atomic E-state index is -0.584. The van der Waals surface area contributed by atoms with Gasteiger partial charge in [0.15, 0.2) is 6.61 Å². The summed E-state index contributed by atoms with van der Waals surface area (Å²) in [7, 11) is 1.29. The summed E-state index contributed by atoms with van der Waals surface area (Å²) in [5, 5.41) is 6.04. The molecule has 1 aliphatic heterocycles. The first-order chi connectivity index (χ1) is 13.0. The Bertz CT molecular complexity index is 882. The van der Waals surface area contributed by atoms with E-state index in [-0.39, 0.29) is 24.8 Å². The lowest BCUT2D eigenvalue weighted by Crippen LogP contribution is -2.31. The lowest BCUT2D eigenvalue weighted by molar-refractivity contribution is -0.141. The monoisotopic (exact) mass is 388 g/mol. The molecule has 1 unspecified atom stereocenters. The molecule has 0 aliphatic carbocycles. The van der Waals surface area contributed by atoms with E-state index in [0.717, 1.165) is 5.56 Å². The number of benzene rings is 2. The number of carbonyl (C=O) groups excluding carboxylic acids is 3. The lowest BCUT2D eigenvalue weighted by atomic mass is 10.0. The van der Waals surface area contributed by atoms with Crippen LogP contribution in [-0.4, -0.2) is 31.5 Å². The van der Waals surface area contributed by atoms with E-state index in [1.165, 1.54) is 7.11 Å². The van der Waals surface area contributed by atoms with Crippen molar-refractivity contribution in [2.75, 3.05) is 19.0 Å². The molecule has 2 N–H and O–H groups in total. The van der Waals surface area contributed by atoms with Gasteiger partial charge in [0.1, 0.15) is 5.75 Å². The number of carbonyl (C=O) groups is 3. The maximum Gasteiger partial charge on any atom is 0.307 e. The van der Waals surface area contributed by atoms with E-state index in [4.69, 9.17) is 21.1 Å². The molecule has 0 spiro atoms. The quantitative estimate of drug-likeness (QED) is 0.768. The molecule has 2 aromatic carbocycles. The molecular formula is C19H17ClN2O5. The predicted octanol–water partition coefficient (Wildman–Crippen LogP) is 2.71. The summed E-state index contributed by atoms with van der Waals surface area (Å²) in [4.78, 5) is 35.8. The average molecular weight is 389 g/mol. The first-order valence-electron chi connectivity index (χ1n) is 8.16. The number of amides is 2. The molecule has 0 saturated carbocycles. The molecule has 0 saturated heterocycles. The summed E-state index contributed by atoms with van der Waals surface area (Å²) in [6.45, 7) is -0.103. The van der Waals surface area contributed by atoms with E-state index in [1.54, 1.807) is 42.5 Å².